The molecule has 0 unspecified atom stereocenters. The molecule has 0 aromatic heterocycles. The van der Waals surface area contributed by atoms with Crippen molar-refractivity contribution < 1.29 is 13.2 Å². The van der Waals surface area contributed by atoms with Crippen LogP contribution >= 0.6 is 0 Å². The van der Waals surface area contributed by atoms with Crippen LogP contribution in [0.15, 0.2) is 29.2 Å². The Kier molecular flexibility index (Phi) is 17.9. The monoisotopic (exact) mass is 468 g/mol. The molecular weight excluding hydrogens is 423 g/mol. The number of hydrogen-bond acceptors (Lipinski definition) is 4. The second kappa shape index (κ2) is 18.5. The molecule has 31 heavy (non-hydrogen) atoms. The third kappa shape index (κ3) is 15.4. The standard InChI is InChI=1S/C24H42N2O3S.Al.3H/c1-2-3-4-5-6-7-8-9-10-11-12-13-14-15-16-17-24(27)26-30(28,29)23-20-18-22(25)19-21-23;;;;/h18-21H,2-17,25H2,1H3,(H,26,27);;;;. The van der Waals surface area contributed by atoms with E-state index in [1.54, 1.807) is 0 Å². The molecule has 1 rings (SSSR count). The van der Waals surface area contributed by atoms with Crippen molar-refractivity contribution in [1.29, 1.82) is 0 Å². The summed E-state index contributed by atoms with van der Waals surface area (Å²) in [6.07, 6.45) is 19.2. The van der Waals surface area contributed by atoms with E-state index >= 15 is 0 Å². The number of amides is 1. The molecule has 3 N–H and O–H groups in total. The lowest BCUT2D eigenvalue weighted by molar-refractivity contribution is -0.119. The van der Waals surface area contributed by atoms with Crippen LogP contribution in [0.2, 0.25) is 0 Å². The topological polar surface area (TPSA) is 89.3 Å². The molecule has 0 aliphatic heterocycles. The second-order valence-corrected chi connectivity index (χ2v) is 9.98. The zero-order chi connectivity index (χ0) is 22.1. The number of unbranched alkanes of at least 4 members (excludes halogenated alkanes) is 14. The van der Waals surface area contributed by atoms with Gasteiger partial charge in [-0.1, -0.05) is 96.8 Å². The van der Waals surface area contributed by atoms with E-state index in [4.69, 9.17) is 5.73 Å². The van der Waals surface area contributed by atoms with Crippen LogP contribution in [0.4, 0.5) is 5.69 Å². The lowest BCUT2D eigenvalue weighted by Crippen LogP contribution is -2.30. The summed E-state index contributed by atoms with van der Waals surface area (Å²) in [6, 6.07) is 5.82. The van der Waals surface area contributed by atoms with Crippen LogP contribution in [0.25, 0.3) is 0 Å². The fourth-order valence-electron chi connectivity index (χ4n) is 3.56. The van der Waals surface area contributed by atoms with Crippen LogP contribution in [0.1, 0.15) is 110 Å². The predicted octanol–water partition coefficient (Wildman–Crippen LogP) is 5.15. The Hall–Kier alpha value is -1.03. The average molecular weight is 469 g/mol. The van der Waals surface area contributed by atoms with Crippen molar-refractivity contribution in [3.8, 4) is 0 Å². The normalized spacial score (nSPS) is 11.1. The van der Waals surface area contributed by atoms with Gasteiger partial charge in [0.1, 0.15) is 0 Å². The fraction of sp³-hybridized carbons (Fsp3) is 0.708. The van der Waals surface area contributed by atoms with Gasteiger partial charge in [0.2, 0.25) is 5.91 Å². The van der Waals surface area contributed by atoms with Crippen molar-refractivity contribution in [2.75, 3.05) is 5.73 Å². The molecule has 0 spiro atoms. The third-order valence-electron chi connectivity index (χ3n) is 5.45. The predicted molar refractivity (Wildman–Crippen MR) is 136 cm³/mol. The van der Waals surface area contributed by atoms with E-state index in [1.807, 2.05) is 0 Å². The minimum absolute atomic E-state index is 0. The minimum Gasteiger partial charge on any atom is -0.399 e. The van der Waals surface area contributed by atoms with Gasteiger partial charge in [0.15, 0.2) is 17.4 Å². The zero-order valence-corrected chi connectivity index (χ0v) is 19.6. The van der Waals surface area contributed by atoms with Gasteiger partial charge in [-0.25, -0.2) is 13.1 Å². The van der Waals surface area contributed by atoms with Crippen LogP contribution in [0, 0.1) is 0 Å². The van der Waals surface area contributed by atoms with Crippen LogP contribution < -0.4 is 10.5 Å². The van der Waals surface area contributed by atoms with E-state index in [0.29, 0.717) is 5.69 Å². The van der Waals surface area contributed by atoms with E-state index in [-0.39, 0.29) is 28.7 Å². The van der Waals surface area contributed by atoms with Gasteiger partial charge in [0, 0.05) is 12.1 Å². The molecule has 0 aliphatic carbocycles. The maximum atomic E-state index is 12.1. The van der Waals surface area contributed by atoms with Crippen LogP contribution in [-0.4, -0.2) is 31.7 Å². The number of carbonyl (C=O) groups excluding carboxylic acids is 1. The molecule has 0 bridgehead atoms. The first kappa shape index (κ1) is 30.0. The highest BCUT2D eigenvalue weighted by molar-refractivity contribution is 7.90. The van der Waals surface area contributed by atoms with Crippen LogP contribution in [0.5, 0.6) is 0 Å². The summed E-state index contributed by atoms with van der Waals surface area (Å²) < 4.78 is 26.4. The first-order valence-corrected chi connectivity index (χ1v) is 13.3. The van der Waals surface area contributed by atoms with Crippen molar-refractivity contribution in [1.82, 2.24) is 4.72 Å². The lowest BCUT2D eigenvalue weighted by atomic mass is 10.0. The number of rotatable bonds is 18. The molecule has 0 saturated heterocycles. The summed E-state index contributed by atoms with van der Waals surface area (Å²) in [5.74, 6) is -0.443. The number of nitrogens with one attached hydrogen (secondary N) is 1. The number of carbonyl (C=O) groups is 1. The van der Waals surface area contributed by atoms with Gasteiger partial charge < -0.3 is 5.73 Å². The molecule has 178 valence electrons. The molecule has 1 aromatic rings. The van der Waals surface area contributed by atoms with Gasteiger partial charge in [-0.05, 0) is 30.7 Å². The number of anilines is 1. The fourth-order valence-corrected chi connectivity index (χ4v) is 4.58. The minimum atomic E-state index is -3.80. The Balaban J connectivity index is 0.00000900. The van der Waals surface area contributed by atoms with E-state index in [9.17, 15) is 13.2 Å². The van der Waals surface area contributed by atoms with E-state index in [1.165, 1.54) is 101 Å². The van der Waals surface area contributed by atoms with Gasteiger partial charge in [0.25, 0.3) is 10.0 Å². The molecule has 0 radical (unpaired) electrons. The molecule has 0 saturated carbocycles. The molecular formula is C24H45AlN2O3S. The maximum absolute atomic E-state index is 12.1. The van der Waals surface area contributed by atoms with Crippen molar-refractivity contribution >= 4 is 39.0 Å². The molecule has 7 heteroatoms. The smallest absolute Gasteiger partial charge is 0.264 e. The quantitative estimate of drug-likeness (QED) is 0.177. The number of nitrogen functional groups attached to an aromatic ring is 1. The summed E-state index contributed by atoms with van der Waals surface area (Å²) in [5.41, 5.74) is 6.04. The van der Waals surface area contributed by atoms with Gasteiger partial charge in [-0.15, -0.1) is 0 Å². The summed E-state index contributed by atoms with van der Waals surface area (Å²) in [6.45, 7) is 2.26. The highest BCUT2D eigenvalue weighted by Crippen LogP contribution is 2.14. The van der Waals surface area contributed by atoms with Crippen molar-refractivity contribution in [2.24, 2.45) is 0 Å². The molecule has 1 amide bonds. The van der Waals surface area contributed by atoms with Crippen molar-refractivity contribution in [2.45, 2.75) is 115 Å². The van der Waals surface area contributed by atoms with Crippen molar-refractivity contribution in [3.05, 3.63) is 24.3 Å². The van der Waals surface area contributed by atoms with Gasteiger partial charge in [-0.3, -0.25) is 4.79 Å². The highest BCUT2D eigenvalue weighted by Gasteiger charge is 2.16. The number of benzene rings is 1. The molecule has 1 aromatic carbocycles. The Bertz CT molecular complexity index is 679. The largest absolute Gasteiger partial charge is 0.399 e. The Morgan fingerprint density at radius 3 is 1.55 bits per heavy atom. The van der Waals surface area contributed by atoms with Crippen LogP contribution in [-0.2, 0) is 14.8 Å². The third-order valence-corrected chi connectivity index (χ3v) is 6.84. The maximum Gasteiger partial charge on any atom is 0.264 e. The highest BCUT2D eigenvalue weighted by atomic mass is 32.2. The van der Waals surface area contributed by atoms with Crippen molar-refractivity contribution in [3.63, 3.8) is 0 Å². The summed E-state index contributed by atoms with van der Waals surface area (Å²) in [7, 11) is -3.80. The first-order chi connectivity index (χ1) is 14.5. The molecule has 0 heterocycles. The van der Waals surface area contributed by atoms with Gasteiger partial charge >= 0.3 is 0 Å². The van der Waals surface area contributed by atoms with Crippen LogP contribution in [0.3, 0.4) is 0 Å². The summed E-state index contributed by atoms with van der Waals surface area (Å²) >= 11 is 0. The molecule has 0 atom stereocenters. The number of hydrogen-bond donors (Lipinski definition) is 2. The van der Waals surface area contributed by atoms with E-state index in [2.05, 4.69) is 11.6 Å². The number of sulfonamides is 1. The summed E-state index contributed by atoms with van der Waals surface area (Å²) in [5, 5.41) is 0. The molecule has 0 aliphatic rings. The SMILES string of the molecule is CCCCCCCCCCCCCCCCCC(=O)NS(=O)(=O)c1ccc(N)cc1.[AlH3]. The average Bonchev–Trinajstić information content (AvgIpc) is 2.71. The van der Waals surface area contributed by atoms with E-state index in [0.717, 1.165) is 19.3 Å². The zero-order valence-electron chi connectivity index (χ0n) is 18.8. The first-order valence-electron chi connectivity index (χ1n) is 11.9. The van der Waals surface area contributed by atoms with Gasteiger partial charge in [0.05, 0.1) is 4.90 Å². The van der Waals surface area contributed by atoms with Gasteiger partial charge in [-0.2, -0.15) is 0 Å². The molecule has 0 fully saturated rings. The van der Waals surface area contributed by atoms with E-state index < -0.39 is 15.9 Å². The lowest BCUT2D eigenvalue weighted by Gasteiger charge is -2.07. The Morgan fingerprint density at radius 2 is 1.13 bits per heavy atom. The second-order valence-electron chi connectivity index (χ2n) is 8.30. The Morgan fingerprint density at radius 1 is 0.742 bits per heavy atom. The Labute approximate surface area is 201 Å². The molecule has 5 nitrogen and oxygen atoms in total. The summed E-state index contributed by atoms with van der Waals surface area (Å²) in [4.78, 5) is 12.0. The number of nitrogens with two attached hydrogens (primary N) is 1.